The SMILES string of the molecule is CCNC(Cc1ccccc1)Cc1ccc(F)c(F)c1. The molecule has 0 saturated heterocycles. The first-order chi connectivity index (χ1) is 9.69. The van der Waals surface area contributed by atoms with Gasteiger partial charge < -0.3 is 5.32 Å². The normalized spacial score (nSPS) is 12.3. The summed E-state index contributed by atoms with van der Waals surface area (Å²) in [7, 11) is 0. The van der Waals surface area contributed by atoms with E-state index in [1.165, 1.54) is 17.7 Å². The van der Waals surface area contributed by atoms with Crippen molar-refractivity contribution in [1.82, 2.24) is 5.32 Å². The molecule has 0 fully saturated rings. The van der Waals surface area contributed by atoms with Crippen LogP contribution in [0, 0.1) is 11.6 Å². The van der Waals surface area contributed by atoms with Crippen molar-refractivity contribution in [2.75, 3.05) is 6.54 Å². The van der Waals surface area contributed by atoms with Crippen LogP contribution in [0.25, 0.3) is 0 Å². The maximum Gasteiger partial charge on any atom is 0.159 e. The van der Waals surface area contributed by atoms with Gasteiger partial charge >= 0.3 is 0 Å². The van der Waals surface area contributed by atoms with Crippen LogP contribution in [0.5, 0.6) is 0 Å². The summed E-state index contributed by atoms with van der Waals surface area (Å²) in [6.45, 7) is 2.89. The minimum Gasteiger partial charge on any atom is -0.314 e. The summed E-state index contributed by atoms with van der Waals surface area (Å²) in [4.78, 5) is 0. The molecular formula is C17H19F2N. The molecule has 0 aliphatic rings. The molecular weight excluding hydrogens is 256 g/mol. The Hall–Kier alpha value is -1.74. The second kappa shape index (κ2) is 7.15. The predicted molar refractivity (Wildman–Crippen MR) is 77.7 cm³/mol. The number of likely N-dealkylation sites (N-methyl/N-ethyl adjacent to an activating group) is 1. The summed E-state index contributed by atoms with van der Waals surface area (Å²) in [5, 5.41) is 3.40. The fourth-order valence-corrected chi connectivity index (χ4v) is 2.35. The molecule has 3 heteroatoms. The highest BCUT2D eigenvalue weighted by Gasteiger charge is 2.11. The highest BCUT2D eigenvalue weighted by atomic mass is 19.2. The molecule has 1 nitrogen and oxygen atoms in total. The van der Waals surface area contributed by atoms with Crippen molar-refractivity contribution in [3.8, 4) is 0 Å². The number of hydrogen-bond acceptors (Lipinski definition) is 1. The van der Waals surface area contributed by atoms with Gasteiger partial charge in [0.2, 0.25) is 0 Å². The van der Waals surface area contributed by atoms with E-state index in [9.17, 15) is 8.78 Å². The average Bonchev–Trinajstić information content (AvgIpc) is 2.44. The second-order valence-corrected chi connectivity index (χ2v) is 4.90. The van der Waals surface area contributed by atoms with Crippen molar-refractivity contribution in [3.63, 3.8) is 0 Å². The van der Waals surface area contributed by atoms with Gasteiger partial charge in [-0.25, -0.2) is 8.78 Å². The smallest absolute Gasteiger partial charge is 0.159 e. The van der Waals surface area contributed by atoms with Crippen molar-refractivity contribution in [1.29, 1.82) is 0 Å². The molecule has 0 aromatic heterocycles. The van der Waals surface area contributed by atoms with Gasteiger partial charge in [-0.05, 0) is 42.6 Å². The Balaban J connectivity index is 2.06. The maximum atomic E-state index is 13.2. The first-order valence-corrected chi connectivity index (χ1v) is 6.90. The van der Waals surface area contributed by atoms with Crippen LogP contribution in [0.3, 0.4) is 0 Å². The van der Waals surface area contributed by atoms with E-state index in [0.29, 0.717) is 6.42 Å². The summed E-state index contributed by atoms with van der Waals surface area (Å²) in [5.41, 5.74) is 2.05. The Morgan fingerprint density at radius 3 is 2.25 bits per heavy atom. The van der Waals surface area contributed by atoms with Crippen LogP contribution in [-0.4, -0.2) is 12.6 Å². The number of nitrogens with one attached hydrogen (secondary N) is 1. The standard InChI is InChI=1S/C17H19F2N/c1-2-20-15(10-13-6-4-3-5-7-13)11-14-8-9-16(18)17(19)12-14/h3-9,12,15,20H,2,10-11H2,1H3. The Kier molecular flexibility index (Phi) is 5.24. The number of benzene rings is 2. The van der Waals surface area contributed by atoms with E-state index in [1.54, 1.807) is 6.07 Å². The third kappa shape index (κ3) is 4.14. The van der Waals surface area contributed by atoms with E-state index in [-0.39, 0.29) is 6.04 Å². The van der Waals surface area contributed by atoms with Gasteiger partial charge in [0.15, 0.2) is 11.6 Å². The van der Waals surface area contributed by atoms with Gasteiger partial charge in [-0.15, -0.1) is 0 Å². The number of hydrogen-bond donors (Lipinski definition) is 1. The molecule has 0 amide bonds. The van der Waals surface area contributed by atoms with E-state index in [0.717, 1.165) is 18.5 Å². The second-order valence-electron chi connectivity index (χ2n) is 4.90. The summed E-state index contributed by atoms with van der Waals surface area (Å²) in [5.74, 6) is -1.57. The van der Waals surface area contributed by atoms with Crippen LogP contribution in [-0.2, 0) is 12.8 Å². The van der Waals surface area contributed by atoms with Crippen LogP contribution in [0.1, 0.15) is 18.1 Å². The molecule has 0 spiro atoms. The summed E-state index contributed by atoms with van der Waals surface area (Å²) in [6.07, 6.45) is 1.55. The lowest BCUT2D eigenvalue weighted by atomic mass is 9.99. The van der Waals surface area contributed by atoms with Crippen molar-refractivity contribution in [2.24, 2.45) is 0 Å². The minimum absolute atomic E-state index is 0.215. The molecule has 1 atom stereocenters. The van der Waals surface area contributed by atoms with E-state index in [4.69, 9.17) is 0 Å². The molecule has 0 bridgehead atoms. The van der Waals surface area contributed by atoms with Crippen LogP contribution < -0.4 is 5.32 Å². The minimum atomic E-state index is -0.795. The summed E-state index contributed by atoms with van der Waals surface area (Å²) >= 11 is 0. The van der Waals surface area contributed by atoms with Gasteiger partial charge in [0.25, 0.3) is 0 Å². The van der Waals surface area contributed by atoms with E-state index < -0.39 is 11.6 Å². The van der Waals surface area contributed by atoms with Gasteiger partial charge in [-0.2, -0.15) is 0 Å². The molecule has 1 N–H and O–H groups in total. The Bertz CT molecular complexity index is 540. The lowest BCUT2D eigenvalue weighted by Crippen LogP contribution is -2.33. The van der Waals surface area contributed by atoms with Gasteiger partial charge in [0.05, 0.1) is 0 Å². The third-order valence-corrected chi connectivity index (χ3v) is 3.28. The Morgan fingerprint density at radius 2 is 1.60 bits per heavy atom. The van der Waals surface area contributed by atoms with Crippen molar-refractivity contribution in [2.45, 2.75) is 25.8 Å². The van der Waals surface area contributed by atoms with Gasteiger partial charge in [-0.1, -0.05) is 43.3 Å². The predicted octanol–water partition coefficient (Wildman–Crippen LogP) is 3.73. The summed E-state index contributed by atoms with van der Waals surface area (Å²) in [6, 6.07) is 14.5. The van der Waals surface area contributed by atoms with E-state index in [2.05, 4.69) is 17.4 Å². The molecule has 2 rings (SSSR count). The topological polar surface area (TPSA) is 12.0 Å². The fraction of sp³-hybridized carbons (Fsp3) is 0.294. The molecule has 1 unspecified atom stereocenters. The third-order valence-electron chi connectivity index (χ3n) is 3.28. The molecule has 2 aromatic rings. The van der Waals surface area contributed by atoms with Gasteiger partial charge in [-0.3, -0.25) is 0 Å². The van der Waals surface area contributed by atoms with E-state index in [1.807, 2.05) is 25.1 Å². The quantitative estimate of drug-likeness (QED) is 0.847. The molecule has 2 aromatic carbocycles. The van der Waals surface area contributed by atoms with Gasteiger partial charge in [0, 0.05) is 6.04 Å². The Labute approximate surface area is 118 Å². The van der Waals surface area contributed by atoms with Crippen molar-refractivity contribution >= 4 is 0 Å². The zero-order chi connectivity index (χ0) is 14.4. The molecule has 0 aliphatic carbocycles. The highest BCUT2D eigenvalue weighted by Crippen LogP contribution is 2.13. The van der Waals surface area contributed by atoms with Gasteiger partial charge in [0.1, 0.15) is 0 Å². The average molecular weight is 275 g/mol. The van der Waals surface area contributed by atoms with Crippen LogP contribution in [0.15, 0.2) is 48.5 Å². The first-order valence-electron chi connectivity index (χ1n) is 6.90. The highest BCUT2D eigenvalue weighted by molar-refractivity contribution is 5.21. The van der Waals surface area contributed by atoms with Crippen molar-refractivity contribution < 1.29 is 8.78 Å². The lowest BCUT2D eigenvalue weighted by Gasteiger charge is -2.18. The molecule has 0 heterocycles. The molecule has 106 valence electrons. The monoisotopic (exact) mass is 275 g/mol. The Morgan fingerprint density at radius 1 is 0.900 bits per heavy atom. The number of rotatable bonds is 6. The molecule has 20 heavy (non-hydrogen) atoms. The maximum absolute atomic E-state index is 13.2. The molecule has 0 aliphatic heterocycles. The first kappa shape index (κ1) is 14.7. The van der Waals surface area contributed by atoms with Crippen LogP contribution >= 0.6 is 0 Å². The van der Waals surface area contributed by atoms with Crippen LogP contribution in [0.2, 0.25) is 0 Å². The zero-order valence-electron chi connectivity index (χ0n) is 11.6. The lowest BCUT2D eigenvalue weighted by molar-refractivity contribution is 0.498. The fourth-order valence-electron chi connectivity index (χ4n) is 2.35. The van der Waals surface area contributed by atoms with Crippen molar-refractivity contribution in [3.05, 3.63) is 71.3 Å². The molecule has 0 radical (unpaired) electrons. The van der Waals surface area contributed by atoms with E-state index >= 15 is 0 Å². The summed E-state index contributed by atoms with van der Waals surface area (Å²) < 4.78 is 26.2. The molecule has 0 saturated carbocycles. The number of halogens is 2. The zero-order valence-corrected chi connectivity index (χ0v) is 11.6. The van der Waals surface area contributed by atoms with Crippen LogP contribution in [0.4, 0.5) is 8.78 Å². The largest absolute Gasteiger partial charge is 0.314 e.